The fourth-order valence-corrected chi connectivity index (χ4v) is 2.16. The SMILES string of the molecule is CC1CCCC(=O)CCCCN(C)CNC1. The van der Waals surface area contributed by atoms with Crippen LogP contribution in [0.2, 0.25) is 0 Å². The molecule has 0 amide bonds. The van der Waals surface area contributed by atoms with Gasteiger partial charge in [-0.1, -0.05) is 6.92 Å². The molecule has 3 nitrogen and oxygen atoms in total. The van der Waals surface area contributed by atoms with Crippen molar-refractivity contribution >= 4 is 5.78 Å². The molecule has 16 heavy (non-hydrogen) atoms. The Labute approximate surface area is 99.6 Å². The van der Waals surface area contributed by atoms with Gasteiger partial charge in [-0.25, -0.2) is 0 Å². The third-order valence-corrected chi connectivity index (χ3v) is 3.27. The molecular formula is C13H26N2O. The zero-order valence-electron chi connectivity index (χ0n) is 10.8. The second kappa shape index (κ2) is 7.80. The van der Waals surface area contributed by atoms with Crippen molar-refractivity contribution < 1.29 is 4.79 Å². The van der Waals surface area contributed by atoms with Gasteiger partial charge in [-0.15, -0.1) is 0 Å². The number of Topliss-reactive ketones (excluding diaryl/α,β-unsaturated/α-hetero) is 1. The lowest BCUT2D eigenvalue weighted by molar-refractivity contribution is -0.119. The van der Waals surface area contributed by atoms with Crippen molar-refractivity contribution in [3.8, 4) is 0 Å². The number of ketones is 1. The summed E-state index contributed by atoms with van der Waals surface area (Å²) in [6.07, 6.45) is 6.01. The van der Waals surface area contributed by atoms with Crippen LogP contribution >= 0.6 is 0 Å². The zero-order chi connectivity index (χ0) is 11.8. The predicted molar refractivity (Wildman–Crippen MR) is 67.4 cm³/mol. The first-order valence-electron chi connectivity index (χ1n) is 6.59. The molecule has 1 heterocycles. The molecule has 0 spiro atoms. The Kier molecular flexibility index (Phi) is 6.65. The van der Waals surface area contributed by atoms with Crippen LogP contribution in [0.1, 0.15) is 45.4 Å². The zero-order valence-corrected chi connectivity index (χ0v) is 10.8. The van der Waals surface area contributed by atoms with Crippen molar-refractivity contribution in [3.63, 3.8) is 0 Å². The van der Waals surface area contributed by atoms with E-state index < -0.39 is 0 Å². The van der Waals surface area contributed by atoms with E-state index in [1.807, 2.05) is 0 Å². The van der Waals surface area contributed by atoms with Gasteiger partial charge in [0.15, 0.2) is 0 Å². The largest absolute Gasteiger partial charge is 0.304 e. The molecule has 1 atom stereocenters. The van der Waals surface area contributed by atoms with Crippen LogP contribution in [0.4, 0.5) is 0 Å². The molecule has 0 aliphatic carbocycles. The molecule has 0 aromatic heterocycles. The standard InChI is InChI=1S/C13H26N2O/c1-12-6-5-8-13(16)7-3-4-9-15(2)11-14-10-12/h12,14H,3-11H2,1-2H3. The first-order valence-corrected chi connectivity index (χ1v) is 6.59. The van der Waals surface area contributed by atoms with Gasteiger partial charge < -0.3 is 5.32 Å². The summed E-state index contributed by atoms with van der Waals surface area (Å²) >= 11 is 0. The molecule has 0 radical (unpaired) electrons. The monoisotopic (exact) mass is 226 g/mol. The van der Waals surface area contributed by atoms with Crippen LogP contribution in [0, 0.1) is 5.92 Å². The summed E-state index contributed by atoms with van der Waals surface area (Å²) < 4.78 is 0. The van der Waals surface area contributed by atoms with Crippen LogP contribution in [0.25, 0.3) is 0 Å². The van der Waals surface area contributed by atoms with E-state index in [2.05, 4.69) is 24.2 Å². The number of hydrogen-bond donors (Lipinski definition) is 1. The van der Waals surface area contributed by atoms with E-state index in [4.69, 9.17) is 0 Å². The molecule has 0 saturated carbocycles. The van der Waals surface area contributed by atoms with Gasteiger partial charge >= 0.3 is 0 Å². The van der Waals surface area contributed by atoms with Crippen molar-refractivity contribution in [3.05, 3.63) is 0 Å². The number of rotatable bonds is 0. The van der Waals surface area contributed by atoms with E-state index in [1.54, 1.807) is 0 Å². The molecule has 1 saturated heterocycles. The van der Waals surface area contributed by atoms with Gasteiger partial charge in [0.2, 0.25) is 0 Å². The summed E-state index contributed by atoms with van der Waals surface area (Å²) in [5.41, 5.74) is 0. The predicted octanol–water partition coefficient (Wildman–Crippen LogP) is 2.02. The van der Waals surface area contributed by atoms with Crippen molar-refractivity contribution in [2.24, 2.45) is 5.92 Å². The van der Waals surface area contributed by atoms with Gasteiger partial charge in [-0.05, 0) is 51.7 Å². The lowest BCUT2D eigenvalue weighted by atomic mass is 10.0. The Hall–Kier alpha value is -0.410. The first-order chi connectivity index (χ1) is 7.68. The molecular weight excluding hydrogens is 200 g/mol. The van der Waals surface area contributed by atoms with Crippen molar-refractivity contribution in [2.45, 2.75) is 45.4 Å². The second-order valence-corrected chi connectivity index (χ2v) is 5.19. The normalized spacial score (nSPS) is 27.9. The van der Waals surface area contributed by atoms with Gasteiger partial charge in [0.25, 0.3) is 0 Å². The maximum absolute atomic E-state index is 11.5. The molecule has 1 aliphatic heterocycles. The topological polar surface area (TPSA) is 32.3 Å². The molecule has 1 unspecified atom stereocenters. The molecule has 0 aromatic carbocycles. The highest BCUT2D eigenvalue weighted by atomic mass is 16.1. The minimum absolute atomic E-state index is 0.460. The second-order valence-electron chi connectivity index (χ2n) is 5.19. The maximum Gasteiger partial charge on any atom is 0.132 e. The quantitative estimate of drug-likeness (QED) is 0.686. The lowest BCUT2D eigenvalue weighted by Crippen LogP contribution is -2.34. The first kappa shape index (κ1) is 13.7. The number of hydrogen-bond acceptors (Lipinski definition) is 3. The maximum atomic E-state index is 11.5. The average molecular weight is 226 g/mol. The highest BCUT2D eigenvalue weighted by molar-refractivity contribution is 5.78. The van der Waals surface area contributed by atoms with Crippen molar-refractivity contribution in [1.29, 1.82) is 0 Å². The van der Waals surface area contributed by atoms with Crippen LogP contribution in [0.3, 0.4) is 0 Å². The Bertz CT molecular complexity index is 206. The molecule has 1 aliphatic rings. The highest BCUT2D eigenvalue weighted by Gasteiger charge is 2.08. The Morgan fingerprint density at radius 3 is 2.81 bits per heavy atom. The van der Waals surface area contributed by atoms with E-state index in [9.17, 15) is 4.79 Å². The summed E-state index contributed by atoms with van der Waals surface area (Å²) in [5.74, 6) is 1.14. The summed E-state index contributed by atoms with van der Waals surface area (Å²) in [6, 6.07) is 0. The van der Waals surface area contributed by atoms with Gasteiger partial charge in [0.1, 0.15) is 5.78 Å². The molecule has 94 valence electrons. The lowest BCUT2D eigenvalue weighted by Gasteiger charge is -2.18. The van der Waals surface area contributed by atoms with Gasteiger partial charge in [0.05, 0.1) is 0 Å². The van der Waals surface area contributed by atoms with E-state index in [-0.39, 0.29) is 0 Å². The summed E-state index contributed by atoms with van der Waals surface area (Å²) in [4.78, 5) is 13.8. The van der Waals surface area contributed by atoms with E-state index >= 15 is 0 Å². The fourth-order valence-electron chi connectivity index (χ4n) is 2.16. The van der Waals surface area contributed by atoms with E-state index in [1.165, 1.54) is 6.42 Å². The average Bonchev–Trinajstić information content (AvgIpc) is 2.24. The van der Waals surface area contributed by atoms with Crippen LogP contribution in [-0.4, -0.2) is 37.5 Å². The van der Waals surface area contributed by atoms with E-state index in [0.29, 0.717) is 11.7 Å². The highest BCUT2D eigenvalue weighted by Crippen LogP contribution is 2.10. The minimum Gasteiger partial charge on any atom is -0.304 e. The Morgan fingerprint density at radius 1 is 1.25 bits per heavy atom. The van der Waals surface area contributed by atoms with Crippen LogP contribution < -0.4 is 5.32 Å². The van der Waals surface area contributed by atoms with Gasteiger partial charge in [0, 0.05) is 19.5 Å². The third-order valence-electron chi connectivity index (χ3n) is 3.27. The molecule has 1 N–H and O–H groups in total. The van der Waals surface area contributed by atoms with Crippen LogP contribution in [0.5, 0.6) is 0 Å². The summed E-state index contributed by atoms with van der Waals surface area (Å²) in [5, 5.41) is 3.48. The Balaban J connectivity index is 2.33. The molecule has 3 heteroatoms. The van der Waals surface area contributed by atoms with Gasteiger partial charge in [-0.2, -0.15) is 0 Å². The minimum atomic E-state index is 0.460. The van der Waals surface area contributed by atoms with Gasteiger partial charge in [-0.3, -0.25) is 9.69 Å². The smallest absolute Gasteiger partial charge is 0.132 e. The van der Waals surface area contributed by atoms with Crippen molar-refractivity contribution in [1.82, 2.24) is 10.2 Å². The van der Waals surface area contributed by atoms with E-state index in [0.717, 1.165) is 51.9 Å². The number of nitrogens with one attached hydrogen (secondary N) is 1. The number of carbonyl (C=O) groups is 1. The molecule has 0 bridgehead atoms. The summed E-state index contributed by atoms with van der Waals surface area (Å²) in [7, 11) is 2.14. The van der Waals surface area contributed by atoms with Crippen molar-refractivity contribution in [2.75, 3.05) is 26.8 Å². The number of nitrogens with zero attached hydrogens (tertiary/aromatic N) is 1. The third kappa shape index (κ3) is 6.23. The fraction of sp³-hybridized carbons (Fsp3) is 0.923. The molecule has 1 fully saturated rings. The van der Waals surface area contributed by atoms with Crippen LogP contribution in [-0.2, 0) is 4.79 Å². The Morgan fingerprint density at radius 2 is 2.00 bits per heavy atom. The molecule has 0 aromatic rings. The van der Waals surface area contributed by atoms with Crippen LogP contribution in [0.15, 0.2) is 0 Å². The molecule has 1 rings (SSSR count). The number of carbonyl (C=O) groups excluding carboxylic acids is 1. The summed E-state index contributed by atoms with van der Waals surface area (Å²) in [6.45, 7) is 5.39.